The van der Waals surface area contributed by atoms with Gasteiger partial charge in [0.05, 0.1) is 22.4 Å². The summed E-state index contributed by atoms with van der Waals surface area (Å²) in [6.07, 6.45) is 5.25. The van der Waals surface area contributed by atoms with E-state index in [0.29, 0.717) is 29.1 Å². The molecule has 0 aliphatic heterocycles. The Kier molecular flexibility index (Phi) is 5.54. The van der Waals surface area contributed by atoms with Crippen molar-refractivity contribution in [3.05, 3.63) is 70.4 Å². The van der Waals surface area contributed by atoms with Gasteiger partial charge in [-0.15, -0.1) is 0 Å². The monoisotopic (exact) mass is 439 g/mol. The van der Waals surface area contributed by atoms with Crippen LogP contribution in [0.1, 0.15) is 36.6 Å². The number of pyridine rings is 1. The predicted molar refractivity (Wildman–Crippen MR) is 120 cm³/mol. The smallest absolute Gasteiger partial charge is 0.153 e. The van der Waals surface area contributed by atoms with Gasteiger partial charge in [-0.2, -0.15) is 0 Å². The van der Waals surface area contributed by atoms with Gasteiger partial charge >= 0.3 is 0 Å². The zero-order valence-electron chi connectivity index (χ0n) is 17.8. The van der Waals surface area contributed by atoms with Gasteiger partial charge in [-0.3, -0.25) is 9.38 Å². The molecule has 0 amide bonds. The van der Waals surface area contributed by atoms with Crippen LogP contribution in [0.5, 0.6) is 5.75 Å². The number of ether oxygens (including phenoxy) is 1. The molecule has 6 nitrogen and oxygen atoms in total. The van der Waals surface area contributed by atoms with Crippen LogP contribution in [-0.4, -0.2) is 25.5 Å². The fraction of sp³-hybridized carbons (Fsp3) is 0.261. The molecule has 160 valence electrons. The third-order valence-corrected chi connectivity index (χ3v) is 5.26. The number of nitrogen functional groups attached to an aromatic ring is 1. The highest BCUT2D eigenvalue weighted by Crippen LogP contribution is 2.40. The molecule has 4 aromatic rings. The lowest BCUT2D eigenvalue weighted by Crippen LogP contribution is -2.11. The number of aromatic nitrogens is 4. The molecule has 0 unspecified atom stereocenters. The normalized spacial score (nSPS) is 11.5. The van der Waals surface area contributed by atoms with Gasteiger partial charge in [-0.05, 0) is 39.8 Å². The Hall–Kier alpha value is -3.19. The van der Waals surface area contributed by atoms with Crippen LogP contribution in [0.2, 0.25) is 5.02 Å². The lowest BCUT2D eigenvalue weighted by molar-refractivity contribution is 0.240. The number of rotatable bonds is 5. The summed E-state index contributed by atoms with van der Waals surface area (Å²) in [5.41, 5.74) is 10.0. The van der Waals surface area contributed by atoms with Crippen LogP contribution in [0.3, 0.4) is 0 Å². The first-order valence-corrected chi connectivity index (χ1v) is 10.3. The van der Waals surface area contributed by atoms with Gasteiger partial charge in [0.1, 0.15) is 22.9 Å². The molecule has 0 fully saturated rings. The molecule has 0 radical (unpaired) electrons. The Labute approximate surface area is 184 Å². The SMILES string of the molecule is Cc1ccc(-c2c(F)c(Cl)cc(Cc3nc(C)c4c(N)nccn34)c2OC(C)C)cn1. The molecule has 0 aliphatic rings. The van der Waals surface area contributed by atoms with Crippen LogP contribution < -0.4 is 10.5 Å². The second-order valence-electron chi connectivity index (χ2n) is 7.71. The number of benzene rings is 1. The number of anilines is 1. The van der Waals surface area contributed by atoms with Crippen molar-refractivity contribution in [3.8, 4) is 16.9 Å². The van der Waals surface area contributed by atoms with E-state index in [2.05, 4.69) is 15.0 Å². The summed E-state index contributed by atoms with van der Waals surface area (Å²) in [7, 11) is 0. The molecule has 0 atom stereocenters. The molecule has 0 spiro atoms. The Morgan fingerprint density at radius 2 is 2.00 bits per heavy atom. The number of aryl methyl sites for hydroxylation is 2. The Morgan fingerprint density at radius 3 is 2.68 bits per heavy atom. The summed E-state index contributed by atoms with van der Waals surface area (Å²) in [5, 5.41) is 0.0143. The molecule has 0 bridgehead atoms. The third-order valence-electron chi connectivity index (χ3n) is 4.98. The van der Waals surface area contributed by atoms with E-state index in [-0.39, 0.29) is 11.1 Å². The van der Waals surface area contributed by atoms with E-state index in [1.807, 2.05) is 44.2 Å². The van der Waals surface area contributed by atoms with Crippen molar-refractivity contribution >= 4 is 22.9 Å². The number of hydrogen-bond acceptors (Lipinski definition) is 5. The van der Waals surface area contributed by atoms with E-state index in [1.54, 1.807) is 24.7 Å². The number of nitrogens with zero attached hydrogens (tertiary/aromatic N) is 4. The van der Waals surface area contributed by atoms with Crippen LogP contribution in [0.15, 0.2) is 36.8 Å². The lowest BCUT2D eigenvalue weighted by Gasteiger charge is -2.20. The Morgan fingerprint density at radius 1 is 1.23 bits per heavy atom. The highest BCUT2D eigenvalue weighted by Gasteiger charge is 2.23. The molecule has 3 aromatic heterocycles. The number of fused-ring (bicyclic) bond motifs is 1. The van der Waals surface area contributed by atoms with Crippen LogP contribution in [0.25, 0.3) is 16.6 Å². The summed E-state index contributed by atoms with van der Waals surface area (Å²) < 4.78 is 23.2. The van der Waals surface area contributed by atoms with Crippen molar-refractivity contribution in [2.24, 2.45) is 0 Å². The van der Waals surface area contributed by atoms with Crippen molar-refractivity contribution in [3.63, 3.8) is 0 Å². The number of halogens is 2. The van der Waals surface area contributed by atoms with Crippen molar-refractivity contribution in [2.45, 2.75) is 40.2 Å². The first-order chi connectivity index (χ1) is 14.8. The molecule has 0 saturated carbocycles. The summed E-state index contributed by atoms with van der Waals surface area (Å²) >= 11 is 6.32. The number of hydrogen-bond donors (Lipinski definition) is 1. The Bertz CT molecular complexity index is 1270. The zero-order valence-corrected chi connectivity index (χ0v) is 18.5. The molecule has 1 aromatic carbocycles. The number of imidazole rings is 1. The maximum atomic E-state index is 15.2. The van der Waals surface area contributed by atoms with Gasteiger partial charge in [0.2, 0.25) is 0 Å². The molecular formula is C23H23ClFN5O. The minimum Gasteiger partial charge on any atom is -0.490 e. The Balaban J connectivity index is 1.92. The topological polar surface area (TPSA) is 78.3 Å². The second-order valence-corrected chi connectivity index (χ2v) is 8.12. The summed E-state index contributed by atoms with van der Waals surface area (Å²) in [5.74, 6) is 1.02. The van der Waals surface area contributed by atoms with Gasteiger partial charge in [-0.25, -0.2) is 14.4 Å². The molecule has 4 rings (SSSR count). The van der Waals surface area contributed by atoms with Crippen LogP contribution >= 0.6 is 11.6 Å². The molecule has 0 aliphatic carbocycles. The molecule has 8 heteroatoms. The second kappa shape index (κ2) is 8.15. The fourth-order valence-corrected chi connectivity index (χ4v) is 3.87. The highest BCUT2D eigenvalue weighted by molar-refractivity contribution is 6.31. The van der Waals surface area contributed by atoms with Crippen LogP contribution in [-0.2, 0) is 6.42 Å². The van der Waals surface area contributed by atoms with E-state index < -0.39 is 5.82 Å². The van der Waals surface area contributed by atoms with Gasteiger partial charge in [-0.1, -0.05) is 17.7 Å². The highest BCUT2D eigenvalue weighted by atomic mass is 35.5. The standard InChI is InChI=1S/C23H23ClFN5O/c1-12(2)31-22-16(10-18-29-14(4)21-23(26)27-7-8-30(18)21)9-17(24)20(25)19(22)15-6-5-13(3)28-11-15/h5-9,11-12H,10H2,1-4H3,(H2,26,27). The van der Waals surface area contributed by atoms with Crippen LogP contribution in [0, 0.1) is 19.7 Å². The quantitative estimate of drug-likeness (QED) is 0.464. The maximum absolute atomic E-state index is 15.2. The third kappa shape index (κ3) is 3.93. The summed E-state index contributed by atoms with van der Waals surface area (Å²) in [4.78, 5) is 13.1. The van der Waals surface area contributed by atoms with E-state index in [0.717, 1.165) is 28.3 Å². The lowest BCUT2D eigenvalue weighted by atomic mass is 9.99. The molecule has 31 heavy (non-hydrogen) atoms. The first kappa shape index (κ1) is 21.1. The summed E-state index contributed by atoms with van der Waals surface area (Å²) in [6.45, 7) is 7.55. The van der Waals surface area contributed by atoms with Gasteiger partial charge in [0, 0.05) is 41.8 Å². The van der Waals surface area contributed by atoms with Crippen molar-refractivity contribution in [2.75, 3.05) is 5.73 Å². The molecular weight excluding hydrogens is 417 g/mol. The maximum Gasteiger partial charge on any atom is 0.153 e. The van der Waals surface area contributed by atoms with E-state index in [1.165, 1.54) is 0 Å². The van der Waals surface area contributed by atoms with Crippen molar-refractivity contribution in [1.82, 2.24) is 19.4 Å². The minimum absolute atomic E-state index is 0.0143. The number of nitrogens with two attached hydrogens (primary N) is 1. The van der Waals surface area contributed by atoms with E-state index >= 15 is 4.39 Å². The fourth-order valence-electron chi connectivity index (χ4n) is 3.65. The molecule has 2 N–H and O–H groups in total. The largest absolute Gasteiger partial charge is 0.490 e. The van der Waals surface area contributed by atoms with E-state index in [9.17, 15) is 0 Å². The van der Waals surface area contributed by atoms with E-state index in [4.69, 9.17) is 22.1 Å². The molecule has 3 heterocycles. The molecule has 0 saturated heterocycles. The van der Waals surface area contributed by atoms with Crippen LogP contribution in [0.4, 0.5) is 10.2 Å². The van der Waals surface area contributed by atoms with Crippen molar-refractivity contribution in [1.29, 1.82) is 0 Å². The average Bonchev–Trinajstić information content (AvgIpc) is 3.03. The van der Waals surface area contributed by atoms with Crippen molar-refractivity contribution < 1.29 is 9.13 Å². The van der Waals surface area contributed by atoms with Gasteiger partial charge in [0.25, 0.3) is 0 Å². The average molecular weight is 440 g/mol. The van der Waals surface area contributed by atoms with Gasteiger partial charge in [0.15, 0.2) is 5.82 Å². The zero-order chi connectivity index (χ0) is 22.3. The minimum atomic E-state index is -0.538. The van der Waals surface area contributed by atoms with Gasteiger partial charge < -0.3 is 10.5 Å². The first-order valence-electron chi connectivity index (χ1n) is 9.94. The predicted octanol–water partition coefficient (Wildman–Crippen LogP) is 5.16. The summed E-state index contributed by atoms with van der Waals surface area (Å²) in [6, 6.07) is 5.24.